The van der Waals surface area contributed by atoms with E-state index in [0.717, 1.165) is 22.0 Å². The summed E-state index contributed by atoms with van der Waals surface area (Å²) in [4.78, 5) is 12.2. The van der Waals surface area contributed by atoms with Crippen LogP contribution in [0, 0.1) is 18.3 Å². The average molecular weight is 401 g/mol. The Kier molecular flexibility index (Phi) is 5.34. The number of benzene rings is 3. The first kappa shape index (κ1) is 19.2. The molecule has 1 aliphatic rings. The van der Waals surface area contributed by atoms with Gasteiger partial charge in [-0.3, -0.25) is 4.79 Å². The van der Waals surface area contributed by atoms with E-state index in [0.29, 0.717) is 35.7 Å². The summed E-state index contributed by atoms with van der Waals surface area (Å²) < 4.78 is 12.2. The third-order valence-corrected chi connectivity index (χ3v) is 5.39. The summed E-state index contributed by atoms with van der Waals surface area (Å²) in [5.41, 5.74) is 3.97. The van der Waals surface area contributed by atoms with Gasteiger partial charge in [0.15, 0.2) is 5.78 Å². The molecule has 0 amide bonds. The zero-order chi connectivity index (χ0) is 20.4. The number of fused-ring (bicyclic) bond motifs is 1. The van der Waals surface area contributed by atoms with E-state index in [-0.39, 0.29) is 11.9 Å². The molecule has 0 bridgehead atoms. The smallest absolute Gasteiger partial charge is 0.170 e. The highest BCUT2D eigenvalue weighted by atomic mass is 31.0. The van der Waals surface area contributed by atoms with Gasteiger partial charge in [-0.05, 0) is 53.7 Å². The van der Waals surface area contributed by atoms with E-state index in [1.165, 1.54) is 0 Å². The molecule has 0 N–H and O–H groups in total. The first-order valence-electron chi connectivity index (χ1n) is 9.38. The second-order valence-electron chi connectivity index (χ2n) is 6.99. The standard InChI is InChI=1S/C24H20NO3P/c1-15-22(10-9-20-21(26)11-12-27-23(15)20)28-24(18-3-2-4-19(29)13-18)17-7-5-16(14-25)6-8-17/h2-10,13,24H,11-12,29H2,1H3. The topological polar surface area (TPSA) is 59.3 Å². The summed E-state index contributed by atoms with van der Waals surface area (Å²) in [6, 6.07) is 21.2. The molecule has 3 aromatic rings. The molecule has 0 saturated carbocycles. The molecular weight excluding hydrogens is 381 g/mol. The molecule has 0 saturated heterocycles. The van der Waals surface area contributed by atoms with Crippen molar-refractivity contribution < 1.29 is 14.3 Å². The first-order valence-corrected chi connectivity index (χ1v) is 9.96. The van der Waals surface area contributed by atoms with E-state index in [1.54, 1.807) is 18.2 Å². The van der Waals surface area contributed by atoms with Gasteiger partial charge in [-0.1, -0.05) is 30.3 Å². The van der Waals surface area contributed by atoms with Gasteiger partial charge in [-0.15, -0.1) is 9.24 Å². The van der Waals surface area contributed by atoms with Crippen LogP contribution < -0.4 is 14.8 Å². The number of Topliss-reactive ketones (excluding diaryl/α,β-unsaturated/α-hetero) is 1. The highest BCUT2D eigenvalue weighted by molar-refractivity contribution is 7.27. The number of carbonyl (C=O) groups is 1. The Balaban J connectivity index is 1.76. The van der Waals surface area contributed by atoms with E-state index >= 15 is 0 Å². The number of hydrogen-bond donors (Lipinski definition) is 0. The Morgan fingerprint density at radius 2 is 1.90 bits per heavy atom. The van der Waals surface area contributed by atoms with Crippen molar-refractivity contribution in [3.63, 3.8) is 0 Å². The molecule has 2 unspecified atom stereocenters. The first-order chi connectivity index (χ1) is 14.1. The van der Waals surface area contributed by atoms with Crippen molar-refractivity contribution in [3.8, 4) is 17.6 Å². The van der Waals surface area contributed by atoms with Gasteiger partial charge >= 0.3 is 0 Å². The molecule has 29 heavy (non-hydrogen) atoms. The van der Waals surface area contributed by atoms with Crippen LogP contribution in [0.1, 0.15) is 45.1 Å². The van der Waals surface area contributed by atoms with E-state index in [4.69, 9.17) is 14.7 Å². The lowest BCUT2D eigenvalue weighted by atomic mass is 9.99. The van der Waals surface area contributed by atoms with Gasteiger partial charge in [-0.2, -0.15) is 5.26 Å². The summed E-state index contributed by atoms with van der Waals surface area (Å²) in [6.07, 6.45) is 0.0425. The maximum atomic E-state index is 12.2. The minimum Gasteiger partial charge on any atom is -0.492 e. The summed E-state index contributed by atoms with van der Waals surface area (Å²) in [5.74, 6) is 1.37. The molecule has 1 heterocycles. The van der Waals surface area contributed by atoms with E-state index in [1.807, 2.05) is 43.3 Å². The Labute approximate surface area is 172 Å². The molecule has 5 heteroatoms. The minimum atomic E-state index is -0.362. The maximum Gasteiger partial charge on any atom is 0.170 e. The molecule has 0 fully saturated rings. The fraction of sp³-hybridized carbons (Fsp3) is 0.167. The van der Waals surface area contributed by atoms with Crippen LogP contribution in [0.4, 0.5) is 0 Å². The number of nitrogens with zero attached hydrogens (tertiary/aromatic N) is 1. The molecule has 2 atom stereocenters. The van der Waals surface area contributed by atoms with Crippen LogP contribution >= 0.6 is 9.24 Å². The predicted octanol–water partition coefficient (Wildman–Crippen LogP) is 4.50. The number of ether oxygens (including phenoxy) is 2. The molecule has 0 aliphatic carbocycles. The molecule has 0 aromatic heterocycles. The Morgan fingerprint density at radius 1 is 1.10 bits per heavy atom. The zero-order valence-corrected chi connectivity index (χ0v) is 17.2. The summed E-state index contributed by atoms with van der Waals surface area (Å²) in [5, 5.41) is 10.2. The van der Waals surface area contributed by atoms with Crippen LogP contribution in [0.5, 0.6) is 11.5 Å². The summed E-state index contributed by atoms with van der Waals surface area (Å²) in [6.45, 7) is 2.30. The van der Waals surface area contributed by atoms with Crippen LogP contribution in [-0.2, 0) is 0 Å². The van der Waals surface area contributed by atoms with Gasteiger partial charge in [0.05, 0.1) is 23.8 Å². The van der Waals surface area contributed by atoms with Crippen LogP contribution in [0.25, 0.3) is 0 Å². The molecule has 4 nitrogen and oxygen atoms in total. The Morgan fingerprint density at radius 3 is 2.62 bits per heavy atom. The Bertz CT molecular complexity index is 1120. The van der Waals surface area contributed by atoms with Crippen molar-refractivity contribution in [3.05, 3.63) is 88.5 Å². The normalized spacial score (nSPS) is 13.8. The molecule has 1 aliphatic heterocycles. The number of carbonyl (C=O) groups excluding carboxylic acids is 1. The van der Waals surface area contributed by atoms with Crippen LogP contribution in [0.2, 0.25) is 0 Å². The van der Waals surface area contributed by atoms with Gasteiger partial charge in [0.1, 0.15) is 17.6 Å². The highest BCUT2D eigenvalue weighted by Gasteiger charge is 2.24. The van der Waals surface area contributed by atoms with Gasteiger partial charge in [0.25, 0.3) is 0 Å². The number of hydrogen-bond acceptors (Lipinski definition) is 4. The third-order valence-electron chi connectivity index (χ3n) is 5.03. The summed E-state index contributed by atoms with van der Waals surface area (Å²) >= 11 is 0. The van der Waals surface area contributed by atoms with Gasteiger partial charge < -0.3 is 9.47 Å². The number of nitriles is 1. The fourth-order valence-corrected chi connectivity index (χ4v) is 3.80. The second kappa shape index (κ2) is 8.07. The van der Waals surface area contributed by atoms with Gasteiger partial charge in [-0.25, -0.2) is 0 Å². The van der Waals surface area contributed by atoms with E-state index in [9.17, 15) is 4.79 Å². The van der Waals surface area contributed by atoms with Gasteiger partial charge in [0, 0.05) is 12.0 Å². The van der Waals surface area contributed by atoms with Crippen molar-refractivity contribution in [1.29, 1.82) is 5.26 Å². The van der Waals surface area contributed by atoms with Crippen molar-refractivity contribution in [2.45, 2.75) is 19.4 Å². The average Bonchev–Trinajstić information content (AvgIpc) is 2.74. The molecule has 0 radical (unpaired) electrons. The third kappa shape index (κ3) is 3.88. The lowest BCUT2D eigenvalue weighted by molar-refractivity contribution is 0.0932. The molecule has 144 valence electrons. The van der Waals surface area contributed by atoms with Gasteiger partial charge in [0.2, 0.25) is 0 Å². The fourth-order valence-electron chi connectivity index (χ4n) is 3.50. The lowest BCUT2D eigenvalue weighted by Gasteiger charge is -2.25. The summed E-state index contributed by atoms with van der Waals surface area (Å²) in [7, 11) is 2.70. The molecule has 4 rings (SSSR count). The quantitative estimate of drug-likeness (QED) is 0.604. The predicted molar refractivity (Wildman–Crippen MR) is 115 cm³/mol. The van der Waals surface area contributed by atoms with E-state index < -0.39 is 0 Å². The molecule has 3 aromatic carbocycles. The minimum absolute atomic E-state index is 0.0975. The largest absolute Gasteiger partial charge is 0.492 e. The van der Waals surface area contributed by atoms with Crippen LogP contribution in [-0.4, -0.2) is 12.4 Å². The van der Waals surface area contributed by atoms with Crippen molar-refractivity contribution >= 4 is 20.3 Å². The monoisotopic (exact) mass is 401 g/mol. The van der Waals surface area contributed by atoms with Crippen LogP contribution in [0.3, 0.4) is 0 Å². The second-order valence-corrected chi connectivity index (χ2v) is 7.66. The maximum absolute atomic E-state index is 12.2. The van der Waals surface area contributed by atoms with E-state index in [2.05, 4.69) is 21.4 Å². The number of ketones is 1. The Hall–Kier alpha value is -3.15. The number of rotatable bonds is 4. The van der Waals surface area contributed by atoms with Crippen molar-refractivity contribution in [2.24, 2.45) is 0 Å². The van der Waals surface area contributed by atoms with Crippen LogP contribution in [0.15, 0.2) is 60.7 Å². The van der Waals surface area contributed by atoms with Crippen molar-refractivity contribution in [1.82, 2.24) is 0 Å². The molecular formula is C24H20NO3P. The molecule has 0 spiro atoms. The SMILES string of the molecule is Cc1c(OC(c2ccc(C#N)cc2)c2cccc(P)c2)ccc2c1OCCC2=O. The lowest BCUT2D eigenvalue weighted by Crippen LogP contribution is -2.17. The highest BCUT2D eigenvalue weighted by Crippen LogP contribution is 2.38. The zero-order valence-electron chi connectivity index (χ0n) is 16.0. The van der Waals surface area contributed by atoms with Crippen molar-refractivity contribution in [2.75, 3.05) is 6.61 Å².